The molecule has 1 aliphatic heterocycles. The number of hydrogen-bond acceptors (Lipinski definition) is 5. The predicted molar refractivity (Wildman–Crippen MR) is 79.1 cm³/mol. The van der Waals surface area contributed by atoms with Crippen LogP contribution in [0.25, 0.3) is 0 Å². The van der Waals surface area contributed by atoms with Crippen molar-refractivity contribution in [3.8, 4) is 0 Å². The minimum Gasteiger partial charge on any atom is -0.468 e. The summed E-state index contributed by atoms with van der Waals surface area (Å²) in [5.74, 6) is -0.781. The van der Waals surface area contributed by atoms with Gasteiger partial charge in [-0.15, -0.1) is 0 Å². The van der Waals surface area contributed by atoms with Gasteiger partial charge < -0.3 is 4.74 Å². The Labute approximate surface area is 126 Å². The topological polar surface area (TPSA) is 72.5 Å². The molecule has 1 fully saturated rings. The molecule has 0 aromatic heterocycles. The van der Waals surface area contributed by atoms with Crippen molar-refractivity contribution >= 4 is 31.7 Å². The number of sulfone groups is 1. The minimum atomic E-state index is -3.35. The highest BCUT2D eigenvalue weighted by molar-refractivity contribution is 9.10. The summed E-state index contributed by atoms with van der Waals surface area (Å²) >= 11 is 3.34. The van der Waals surface area contributed by atoms with Gasteiger partial charge in [0.1, 0.15) is 6.04 Å². The third kappa shape index (κ3) is 3.05. The first-order valence-corrected chi connectivity index (χ1v) is 8.67. The van der Waals surface area contributed by atoms with Crippen molar-refractivity contribution in [2.45, 2.75) is 24.3 Å². The maximum Gasteiger partial charge on any atom is 0.323 e. The van der Waals surface area contributed by atoms with Crippen molar-refractivity contribution in [1.29, 1.82) is 0 Å². The van der Waals surface area contributed by atoms with Crippen LogP contribution >= 0.6 is 15.9 Å². The Bertz CT molecular complexity index is 599. The van der Waals surface area contributed by atoms with Gasteiger partial charge in [0.2, 0.25) is 0 Å². The van der Waals surface area contributed by atoms with E-state index >= 15 is 0 Å². The number of rotatable bonds is 2. The van der Waals surface area contributed by atoms with Gasteiger partial charge in [0.05, 0.1) is 18.1 Å². The molecule has 0 aliphatic carbocycles. The molecule has 0 amide bonds. The second kappa shape index (κ2) is 5.83. The van der Waals surface area contributed by atoms with Crippen LogP contribution in [0.4, 0.5) is 0 Å². The van der Waals surface area contributed by atoms with Crippen LogP contribution in [0.15, 0.2) is 28.7 Å². The third-order valence-electron chi connectivity index (χ3n) is 3.53. The van der Waals surface area contributed by atoms with E-state index in [1.54, 1.807) is 6.92 Å². The standard InChI is InChI=1S/C13H16BrNO4S/c1-8-12(9-3-5-10(14)6-4-9)15-11(13(16)19-2)7-20(8,17)18/h3-6,8,11-12,15H,7H2,1-2H3. The number of halogens is 1. The molecular formula is C13H16BrNO4S. The molecule has 1 N–H and O–H groups in total. The average molecular weight is 362 g/mol. The predicted octanol–water partition coefficient (Wildman–Crippen LogP) is 1.44. The first-order chi connectivity index (χ1) is 9.35. The summed E-state index contributed by atoms with van der Waals surface area (Å²) in [4.78, 5) is 11.6. The summed E-state index contributed by atoms with van der Waals surface area (Å²) in [6, 6.07) is 6.12. The Morgan fingerprint density at radius 1 is 1.35 bits per heavy atom. The molecule has 0 bridgehead atoms. The number of esters is 1. The van der Waals surface area contributed by atoms with Crippen molar-refractivity contribution in [3.63, 3.8) is 0 Å². The Morgan fingerprint density at radius 2 is 1.95 bits per heavy atom. The van der Waals surface area contributed by atoms with Crippen molar-refractivity contribution in [1.82, 2.24) is 5.32 Å². The van der Waals surface area contributed by atoms with Gasteiger partial charge in [0.25, 0.3) is 0 Å². The van der Waals surface area contributed by atoms with Crippen LogP contribution in [0.2, 0.25) is 0 Å². The monoisotopic (exact) mass is 361 g/mol. The van der Waals surface area contributed by atoms with Gasteiger partial charge in [-0.1, -0.05) is 28.1 Å². The molecule has 1 aliphatic rings. The first kappa shape index (κ1) is 15.5. The first-order valence-electron chi connectivity index (χ1n) is 6.16. The highest BCUT2D eigenvalue weighted by Gasteiger charge is 2.42. The lowest BCUT2D eigenvalue weighted by molar-refractivity contribution is -0.142. The van der Waals surface area contributed by atoms with Crippen LogP contribution < -0.4 is 5.32 Å². The fourth-order valence-corrected chi connectivity index (χ4v) is 4.22. The Morgan fingerprint density at radius 3 is 2.50 bits per heavy atom. The summed E-state index contributed by atoms with van der Waals surface area (Å²) in [6.07, 6.45) is 0. The smallest absolute Gasteiger partial charge is 0.323 e. The minimum absolute atomic E-state index is 0.228. The number of benzene rings is 1. The van der Waals surface area contributed by atoms with Crippen LogP contribution in [-0.2, 0) is 19.4 Å². The normalized spacial score (nSPS) is 28.9. The average Bonchev–Trinajstić information content (AvgIpc) is 2.42. The molecule has 1 aromatic rings. The Balaban J connectivity index is 2.35. The second-order valence-corrected chi connectivity index (χ2v) is 8.12. The lowest BCUT2D eigenvalue weighted by atomic mass is 10.0. The maximum absolute atomic E-state index is 12.2. The van der Waals surface area contributed by atoms with E-state index in [0.717, 1.165) is 10.0 Å². The molecule has 0 spiro atoms. The molecule has 7 heteroatoms. The van der Waals surface area contributed by atoms with Crippen LogP contribution in [0.1, 0.15) is 18.5 Å². The van der Waals surface area contributed by atoms with Gasteiger partial charge in [-0.25, -0.2) is 8.42 Å². The van der Waals surface area contributed by atoms with E-state index in [1.165, 1.54) is 7.11 Å². The molecule has 110 valence electrons. The lowest BCUT2D eigenvalue weighted by Gasteiger charge is -2.34. The quantitative estimate of drug-likeness (QED) is 0.806. The van der Waals surface area contributed by atoms with Gasteiger partial charge in [-0.05, 0) is 24.6 Å². The number of methoxy groups -OCH3 is 1. The van der Waals surface area contributed by atoms with Gasteiger partial charge in [-0.3, -0.25) is 10.1 Å². The number of hydrogen-bond donors (Lipinski definition) is 1. The van der Waals surface area contributed by atoms with E-state index in [9.17, 15) is 13.2 Å². The number of nitrogens with one attached hydrogen (secondary N) is 1. The largest absolute Gasteiger partial charge is 0.468 e. The summed E-state index contributed by atoms with van der Waals surface area (Å²) in [5, 5.41) is 2.48. The zero-order chi connectivity index (χ0) is 14.9. The molecule has 0 saturated carbocycles. The van der Waals surface area contributed by atoms with E-state index < -0.39 is 33.1 Å². The van der Waals surface area contributed by atoms with E-state index in [0.29, 0.717) is 0 Å². The van der Waals surface area contributed by atoms with E-state index in [1.807, 2.05) is 24.3 Å². The molecule has 1 heterocycles. The summed E-state index contributed by atoms with van der Waals surface area (Å²) in [7, 11) is -2.09. The van der Waals surface area contributed by atoms with Crippen molar-refractivity contribution in [2.75, 3.05) is 12.9 Å². The molecule has 5 nitrogen and oxygen atoms in total. The highest BCUT2D eigenvalue weighted by Crippen LogP contribution is 2.28. The van der Waals surface area contributed by atoms with E-state index in [4.69, 9.17) is 0 Å². The van der Waals surface area contributed by atoms with Crippen LogP contribution in [0, 0.1) is 0 Å². The van der Waals surface area contributed by atoms with Crippen molar-refractivity contribution < 1.29 is 17.9 Å². The van der Waals surface area contributed by atoms with Crippen molar-refractivity contribution in [3.05, 3.63) is 34.3 Å². The van der Waals surface area contributed by atoms with E-state index in [-0.39, 0.29) is 5.75 Å². The van der Waals surface area contributed by atoms with Crippen LogP contribution in [0.3, 0.4) is 0 Å². The van der Waals surface area contributed by atoms with Gasteiger partial charge in [-0.2, -0.15) is 0 Å². The number of carbonyl (C=O) groups is 1. The molecule has 3 unspecified atom stereocenters. The third-order valence-corrected chi connectivity index (χ3v) is 6.26. The van der Waals surface area contributed by atoms with Crippen molar-refractivity contribution in [2.24, 2.45) is 0 Å². The zero-order valence-electron chi connectivity index (χ0n) is 11.2. The molecule has 0 radical (unpaired) electrons. The SMILES string of the molecule is COC(=O)C1CS(=O)(=O)C(C)C(c2ccc(Br)cc2)N1. The molecular weight excluding hydrogens is 346 g/mol. The summed E-state index contributed by atoms with van der Waals surface area (Å²) in [5.41, 5.74) is 0.831. The number of ether oxygens (including phenoxy) is 1. The molecule has 1 saturated heterocycles. The highest BCUT2D eigenvalue weighted by atomic mass is 79.9. The number of carbonyl (C=O) groups excluding carboxylic acids is 1. The molecule has 1 aromatic carbocycles. The zero-order valence-corrected chi connectivity index (χ0v) is 13.6. The maximum atomic E-state index is 12.2. The molecule has 20 heavy (non-hydrogen) atoms. The van der Waals surface area contributed by atoms with Crippen LogP contribution in [-0.4, -0.2) is 38.5 Å². The lowest BCUT2D eigenvalue weighted by Crippen LogP contribution is -2.55. The second-order valence-electron chi connectivity index (χ2n) is 4.81. The Hall–Kier alpha value is -0.920. The fraction of sp³-hybridized carbons (Fsp3) is 0.462. The van der Waals surface area contributed by atoms with E-state index in [2.05, 4.69) is 26.0 Å². The summed E-state index contributed by atoms with van der Waals surface area (Å²) in [6.45, 7) is 1.66. The molecule has 3 atom stereocenters. The fourth-order valence-electron chi connectivity index (χ4n) is 2.31. The van der Waals surface area contributed by atoms with Crippen LogP contribution in [0.5, 0.6) is 0 Å². The Kier molecular flexibility index (Phi) is 4.51. The summed E-state index contributed by atoms with van der Waals surface area (Å²) < 4.78 is 30.0. The van der Waals surface area contributed by atoms with Gasteiger partial charge in [0, 0.05) is 10.5 Å². The van der Waals surface area contributed by atoms with Gasteiger partial charge >= 0.3 is 5.97 Å². The molecule has 2 rings (SSSR count). The van der Waals surface area contributed by atoms with Gasteiger partial charge in [0.15, 0.2) is 9.84 Å².